The normalized spacial score (nSPS) is 10.6. The summed E-state index contributed by atoms with van der Waals surface area (Å²) >= 11 is 5.85. The van der Waals surface area contributed by atoms with Gasteiger partial charge < -0.3 is 15.4 Å². The molecule has 0 heterocycles. The molecular formula is C18H21ClN2O2. The van der Waals surface area contributed by atoms with Crippen LogP contribution in [-0.2, 0) is 11.4 Å². The molecule has 2 aromatic rings. The van der Waals surface area contributed by atoms with Crippen LogP contribution in [0.1, 0.15) is 19.4 Å². The summed E-state index contributed by atoms with van der Waals surface area (Å²) in [5.41, 5.74) is 1.80. The van der Waals surface area contributed by atoms with E-state index in [1.165, 1.54) is 0 Å². The number of anilines is 1. The van der Waals surface area contributed by atoms with Crippen LogP contribution in [0.3, 0.4) is 0 Å². The van der Waals surface area contributed by atoms with Crippen molar-refractivity contribution in [2.45, 2.75) is 26.5 Å². The molecule has 1 amide bonds. The molecule has 0 radical (unpaired) electrons. The van der Waals surface area contributed by atoms with Gasteiger partial charge in [0, 0.05) is 16.8 Å². The Labute approximate surface area is 141 Å². The van der Waals surface area contributed by atoms with Gasteiger partial charge in [0.2, 0.25) is 5.91 Å². The van der Waals surface area contributed by atoms with Gasteiger partial charge in [0.05, 0.1) is 6.54 Å². The number of rotatable bonds is 7. The number of benzene rings is 2. The van der Waals surface area contributed by atoms with Gasteiger partial charge in [-0.2, -0.15) is 0 Å². The van der Waals surface area contributed by atoms with Crippen molar-refractivity contribution >= 4 is 23.2 Å². The number of carbonyl (C=O) groups excluding carboxylic acids is 1. The van der Waals surface area contributed by atoms with Crippen LogP contribution in [-0.4, -0.2) is 18.5 Å². The van der Waals surface area contributed by atoms with Gasteiger partial charge in [-0.15, -0.1) is 0 Å². The zero-order valence-corrected chi connectivity index (χ0v) is 14.1. The van der Waals surface area contributed by atoms with Crippen LogP contribution in [0.2, 0.25) is 5.02 Å². The maximum atomic E-state index is 11.7. The van der Waals surface area contributed by atoms with Gasteiger partial charge in [-0.1, -0.05) is 37.6 Å². The molecule has 0 atom stereocenters. The van der Waals surface area contributed by atoms with Crippen molar-refractivity contribution in [3.05, 3.63) is 59.1 Å². The van der Waals surface area contributed by atoms with E-state index in [9.17, 15) is 4.79 Å². The third-order valence-electron chi connectivity index (χ3n) is 3.13. The summed E-state index contributed by atoms with van der Waals surface area (Å²) in [6, 6.07) is 15.1. The molecular weight excluding hydrogens is 312 g/mol. The summed E-state index contributed by atoms with van der Waals surface area (Å²) in [6.45, 7) is 4.77. The molecule has 4 nitrogen and oxygen atoms in total. The molecule has 0 saturated carbocycles. The topological polar surface area (TPSA) is 50.4 Å². The van der Waals surface area contributed by atoms with E-state index in [4.69, 9.17) is 16.3 Å². The molecule has 0 bridgehead atoms. The highest BCUT2D eigenvalue weighted by molar-refractivity contribution is 6.30. The van der Waals surface area contributed by atoms with Crippen molar-refractivity contribution < 1.29 is 9.53 Å². The Morgan fingerprint density at radius 2 is 1.74 bits per heavy atom. The number of hydrogen-bond acceptors (Lipinski definition) is 3. The highest BCUT2D eigenvalue weighted by atomic mass is 35.5. The lowest BCUT2D eigenvalue weighted by Gasteiger charge is -2.10. The summed E-state index contributed by atoms with van der Waals surface area (Å²) in [5.74, 6) is 0.687. The van der Waals surface area contributed by atoms with Crippen molar-refractivity contribution in [2.75, 3.05) is 11.9 Å². The van der Waals surface area contributed by atoms with Crippen molar-refractivity contribution in [2.24, 2.45) is 0 Å². The lowest BCUT2D eigenvalue weighted by atomic mass is 10.2. The first-order chi connectivity index (χ1) is 11.0. The smallest absolute Gasteiger partial charge is 0.238 e. The van der Waals surface area contributed by atoms with Gasteiger partial charge in [-0.05, 0) is 42.0 Å². The average Bonchev–Trinajstić information content (AvgIpc) is 2.54. The molecule has 2 rings (SSSR count). The van der Waals surface area contributed by atoms with E-state index in [-0.39, 0.29) is 11.9 Å². The zero-order valence-electron chi connectivity index (χ0n) is 13.3. The standard InChI is InChI=1S/C18H21ClN2O2/c1-13(2)20-11-18(22)21-16-7-9-17(10-8-16)23-12-14-3-5-15(19)6-4-14/h3-10,13,20H,11-12H2,1-2H3,(H,21,22). The first-order valence-electron chi connectivity index (χ1n) is 7.53. The van der Waals surface area contributed by atoms with Crippen molar-refractivity contribution in [3.63, 3.8) is 0 Å². The minimum Gasteiger partial charge on any atom is -0.489 e. The van der Waals surface area contributed by atoms with Gasteiger partial charge >= 0.3 is 0 Å². The highest BCUT2D eigenvalue weighted by Crippen LogP contribution is 2.17. The summed E-state index contributed by atoms with van der Waals surface area (Å²) in [6.07, 6.45) is 0. The number of carbonyl (C=O) groups is 1. The fraction of sp³-hybridized carbons (Fsp3) is 0.278. The number of ether oxygens (including phenoxy) is 1. The van der Waals surface area contributed by atoms with E-state index in [1.54, 1.807) is 0 Å². The molecule has 0 fully saturated rings. The molecule has 23 heavy (non-hydrogen) atoms. The first kappa shape index (κ1) is 17.3. The Kier molecular flexibility index (Phi) is 6.44. The molecule has 2 aromatic carbocycles. The molecule has 0 aliphatic rings. The Morgan fingerprint density at radius 3 is 2.35 bits per heavy atom. The van der Waals surface area contributed by atoms with Crippen LogP contribution in [0, 0.1) is 0 Å². The Morgan fingerprint density at radius 1 is 1.09 bits per heavy atom. The Balaban J connectivity index is 1.82. The predicted octanol–water partition coefficient (Wildman–Crippen LogP) is 3.86. The minimum atomic E-state index is -0.0615. The van der Waals surface area contributed by atoms with Crippen molar-refractivity contribution in [1.29, 1.82) is 0 Å². The van der Waals surface area contributed by atoms with Crippen LogP contribution in [0.5, 0.6) is 5.75 Å². The third kappa shape index (κ3) is 6.30. The van der Waals surface area contributed by atoms with E-state index < -0.39 is 0 Å². The van der Waals surface area contributed by atoms with E-state index in [1.807, 2.05) is 62.4 Å². The maximum Gasteiger partial charge on any atom is 0.238 e. The number of amides is 1. The van der Waals surface area contributed by atoms with Gasteiger partial charge in [0.25, 0.3) is 0 Å². The molecule has 0 unspecified atom stereocenters. The lowest BCUT2D eigenvalue weighted by Crippen LogP contribution is -2.32. The summed E-state index contributed by atoms with van der Waals surface area (Å²) in [7, 11) is 0. The monoisotopic (exact) mass is 332 g/mol. The second-order valence-corrected chi connectivity index (χ2v) is 5.96. The average molecular weight is 333 g/mol. The minimum absolute atomic E-state index is 0.0615. The number of nitrogens with one attached hydrogen (secondary N) is 2. The fourth-order valence-electron chi connectivity index (χ4n) is 1.88. The second kappa shape index (κ2) is 8.56. The predicted molar refractivity (Wildman–Crippen MR) is 94.0 cm³/mol. The van der Waals surface area contributed by atoms with Crippen LogP contribution in [0.4, 0.5) is 5.69 Å². The molecule has 0 spiro atoms. The van der Waals surface area contributed by atoms with E-state index in [2.05, 4.69) is 10.6 Å². The Hall–Kier alpha value is -2.04. The first-order valence-corrected chi connectivity index (χ1v) is 7.91. The second-order valence-electron chi connectivity index (χ2n) is 5.52. The summed E-state index contributed by atoms with van der Waals surface area (Å²) < 4.78 is 5.70. The van der Waals surface area contributed by atoms with Gasteiger partial charge in [-0.25, -0.2) is 0 Å². The maximum absolute atomic E-state index is 11.7. The van der Waals surface area contributed by atoms with Gasteiger partial charge in [0.15, 0.2) is 0 Å². The summed E-state index contributed by atoms with van der Waals surface area (Å²) in [4.78, 5) is 11.7. The van der Waals surface area contributed by atoms with Crippen molar-refractivity contribution in [1.82, 2.24) is 5.32 Å². The van der Waals surface area contributed by atoms with Crippen LogP contribution >= 0.6 is 11.6 Å². The molecule has 0 aromatic heterocycles. The Bertz CT molecular complexity index is 624. The zero-order chi connectivity index (χ0) is 16.7. The number of halogens is 1. The lowest BCUT2D eigenvalue weighted by molar-refractivity contribution is -0.115. The molecule has 0 saturated heterocycles. The van der Waals surface area contributed by atoms with Crippen LogP contribution in [0.25, 0.3) is 0 Å². The van der Waals surface area contributed by atoms with Crippen LogP contribution < -0.4 is 15.4 Å². The van der Waals surface area contributed by atoms with E-state index in [0.717, 1.165) is 17.0 Å². The molecule has 122 valence electrons. The van der Waals surface area contributed by atoms with Crippen LogP contribution in [0.15, 0.2) is 48.5 Å². The molecule has 0 aliphatic carbocycles. The van der Waals surface area contributed by atoms with Gasteiger partial charge in [-0.3, -0.25) is 4.79 Å². The summed E-state index contributed by atoms with van der Waals surface area (Å²) in [5, 5.41) is 6.62. The van der Waals surface area contributed by atoms with E-state index in [0.29, 0.717) is 18.2 Å². The fourth-order valence-corrected chi connectivity index (χ4v) is 2.01. The molecule has 0 aliphatic heterocycles. The van der Waals surface area contributed by atoms with E-state index >= 15 is 0 Å². The molecule has 5 heteroatoms. The number of hydrogen-bond donors (Lipinski definition) is 2. The SMILES string of the molecule is CC(C)NCC(=O)Nc1ccc(OCc2ccc(Cl)cc2)cc1. The van der Waals surface area contributed by atoms with Crippen molar-refractivity contribution in [3.8, 4) is 5.75 Å². The third-order valence-corrected chi connectivity index (χ3v) is 3.38. The largest absolute Gasteiger partial charge is 0.489 e. The molecule has 2 N–H and O–H groups in total. The van der Waals surface area contributed by atoms with Gasteiger partial charge in [0.1, 0.15) is 12.4 Å². The quantitative estimate of drug-likeness (QED) is 0.809. The highest BCUT2D eigenvalue weighted by Gasteiger charge is 2.03.